The van der Waals surface area contributed by atoms with E-state index < -0.39 is 10.5 Å². The van der Waals surface area contributed by atoms with E-state index in [4.69, 9.17) is 5.73 Å². The Bertz CT molecular complexity index is 597. The predicted octanol–water partition coefficient (Wildman–Crippen LogP) is 2.38. The number of nitrogens with one attached hydrogen (secondary N) is 1. The van der Waals surface area contributed by atoms with Gasteiger partial charge in [-0.1, -0.05) is 0 Å². The lowest BCUT2D eigenvalue weighted by atomic mass is 10.1. The average Bonchev–Trinajstić information content (AvgIpc) is 2.81. The van der Waals surface area contributed by atoms with Crippen LogP contribution in [0.25, 0.3) is 0 Å². The molecule has 100 valence electrons. The van der Waals surface area contributed by atoms with Crippen molar-refractivity contribution in [1.82, 2.24) is 9.97 Å². The highest BCUT2D eigenvalue weighted by molar-refractivity contribution is 7.09. The van der Waals surface area contributed by atoms with E-state index in [0.717, 1.165) is 5.01 Å². The number of hydrogen-bond donors (Lipinski definition) is 2. The molecule has 0 aliphatic heterocycles. The minimum Gasteiger partial charge on any atom is -0.384 e. The first-order valence-corrected chi connectivity index (χ1v) is 6.37. The summed E-state index contributed by atoms with van der Waals surface area (Å²) < 4.78 is 0. The Morgan fingerprint density at radius 1 is 1.47 bits per heavy atom. The van der Waals surface area contributed by atoms with Crippen LogP contribution in [0.1, 0.15) is 18.9 Å². The van der Waals surface area contributed by atoms with Gasteiger partial charge in [0.2, 0.25) is 5.82 Å². The van der Waals surface area contributed by atoms with Gasteiger partial charge in [-0.05, 0) is 19.9 Å². The Kier molecular flexibility index (Phi) is 3.34. The molecular weight excluding hydrogens is 266 g/mol. The summed E-state index contributed by atoms with van der Waals surface area (Å²) in [5, 5.41) is 16.7. The molecule has 2 rings (SSSR count). The SMILES string of the molecule is CC(C)(Nc1nc(N)ccc1[N+](=O)[O-])c1nccs1. The zero-order valence-corrected chi connectivity index (χ0v) is 11.3. The summed E-state index contributed by atoms with van der Waals surface area (Å²) in [5.74, 6) is 0.369. The second kappa shape index (κ2) is 4.81. The topological polar surface area (TPSA) is 107 Å². The lowest BCUT2D eigenvalue weighted by Gasteiger charge is -2.24. The third-order valence-corrected chi connectivity index (χ3v) is 3.59. The number of thiazole rings is 1. The monoisotopic (exact) mass is 279 g/mol. The van der Waals surface area contributed by atoms with Crippen molar-refractivity contribution in [3.8, 4) is 0 Å². The third-order valence-electron chi connectivity index (χ3n) is 2.49. The molecule has 0 bridgehead atoms. The van der Waals surface area contributed by atoms with Crippen LogP contribution in [0.3, 0.4) is 0 Å². The van der Waals surface area contributed by atoms with Crippen LogP contribution in [-0.2, 0) is 5.54 Å². The van der Waals surface area contributed by atoms with Crippen molar-refractivity contribution >= 4 is 28.7 Å². The van der Waals surface area contributed by atoms with Gasteiger partial charge in [0.05, 0.1) is 10.5 Å². The molecular formula is C11H13N5O2S. The maximum absolute atomic E-state index is 11.0. The Balaban J connectivity index is 2.38. The summed E-state index contributed by atoms with van der Waals surface area (Å²) in [6.07, 6.45) is 1.69. The second-order valence-electron chi connectivity index (χ2n) is 4.45. The Hall–Kier alpha value is -2.22. The molecule has 0 fully saturated rings. The van der Waals surface area contributed by atoms with Crippen LogP contribution in [0.15, 0.2) is 23.7 Å². The lowest BCUT2D eigenvalue weighted by Crippen LogP contribution is -2.28. The van der Waals surface area contributed by atoms with E-state index in [-0.39, 0.29) is 17.3 Å². The number of pyridine rings is 1. The molecule has 0 aliphatic rings. The van der Waals surface area contributed by atoms with Gasteiger partial charge in [-0.15, -0.1) is 11.3 Å². The molecule has 0 amide bonds. The van der Waals surface area contributed by atoms with Crippen LogP contribution >= 0.6 is 11.3 Å². The highest BCUT2D eigenvalue weighted by Crippen LogP contribution is 2.31. The number of hydrogen-bond acceptors (Lipinski definition) is 7. The highest BCUT2D eigenvalue weighted by Gasteiger charge is 2.27. The Morgan fingerprint density at radius 2 is 2.21 bits per heavy atom. The van der Waals surface area contributed by atoms with Crippen LogP contribution < -0.4 is 11.1 Å². The first-order valence-electron chi connectivity index (χ1n) is 5.49. The molecule has 3 N–H and O–H groups in total. The van der Waals surface area contributed by atoms with E-state index in [0.29, 0.717) is 0 Å². The molecule has 0 saturated carbocycles. The molecule has 2 heterocycles. The number of anilines is 2. The lowest BCUT2D eigenvalue weighted by molar-refractivity contribution is -0.384. The van der Waals surface area contributed by atoms with Crippen LogP contribution in [-0.4, -0.2) is 14.9 Å². The molecule has 0 aliphatic carbocycles. The van der Waals surface area contributed by atoms with Crippen molar-refractivity contribution < 1.29 is 4.92 Å². The molecule has 0 spiro atoms. The first kappa shape index (κ1) is 13.2. The van der Waals surface area contributed by atoms with Crippen molar-refractivity contribution in [3.63, 3.8) is 0 Å². The average molecular weight is 279 g/mol. The standard InChI is InChI=1S/C11H13N5O2S/c1-11(2,10-13-5-6-19-10)15-9-7(16(17)18)3-4-8(12)14-9/h3-6H,1-2H3,(H3,12,14,15). The molecule has 7 nitrogen and oxygen atoms in total. The molecule has 0 saturated heterocycles. The van der Waals surface area contributed by atoms with Crippen molar-refractivity contribution in [2.45, 2.75) is 19.4 Å². The van der Waals surface area contributed by atoms with E-state index >= 15 is 0 Å². The molecule has 0 unspecified atom stereocenters. The molecule has 19 heavy (non-hydrogen) atoms. The molecule has 2 aromatic heterocycles. The summed E-state index contributed by atoms with van der Waals surface area (Å²) >= 11 is 1.47. The molecule has 0 atom stereocenters. The quantitative estimate of drug-likeness (QED) is 0.657. The van der Waals surface area contributed by atoms with Crippen LogP contribution in [0.2, 0.25) is 0 Å². The number of rotatable bonds is 4. The normalized spacial score (nSPS) is 11.3. The summed E-state index contributed by atoms with van der Waals surface area (Å²) in [6, 6.07) is 2.74. The Labute approximate surface area is 113 Å². The summed E-state index contributed by atoms with van der Waals surface area (Å²) in [4.78, 5) is 18.7. The van der Waals surface area contributed by atoms with E-state index in [2.05, 4.69) is 15.3 Å². The van der Waals surface area contributed by atoms with E-state index in [9.17, 15) is 10.1 Å². The number of nitro groups is 1. The zero-order chi connectivity index (χ0) is 14.0. The number of nitrogens with zero attached hydrogens (tertiary/aromatic N) is 3. The van der Waals surface area contributed by atoms with Gasteiger partial charge in [0.15, 0.2) is 0 Å². The fraction of sp³-hybridized carbons (Fsp3) is 0.273. The Morgan fingerprint density at radius 3 is 2.79 bits per heavy atom. The molecule has 2 aromatic rings. The van der Waals surface area contributed by atoms with Crippen molar-refractivity contribution in [1.29, 1.82) is 0 Å². The maximum atomic E-state index is 11.0. The van der Waals surface area contributed by atoms with Crippen LogP contribution in [0.5, 0.6) is 0 Å². The van der Waals surface area contributed by atoms with Gasteiger partial charge in [-0.2, -0.15) is 0 Å². The summed E-state index contributed by atoms with van der Waals surface area (Å²) in [5.41, 5.74) is 4.90. The largest absolute Gasteiger partial charge is 0.384 e. The molecule has 0 radical (unpaired) electrons. The minimum absolute atomic E-state index is 0.112. The second-order valence-corrected chi connectivity index (χ2v) is 5.34. The summed E-state index contributed by atoms with van der Waals surface area (Å²) in [6.45, 7) is 3.75. The fourth-order valence-corrected chi connectivity index (χ4v) is 2.31. The predicted molar refractivity (Wildman–Crippen MR) is 74.1 cm³/mol. The van der Waals surface area contributed by atoms with Crippen molar-refractivity contribution in [2.75, 3.05) is 11.1 Å². The van der Waals surface area contributed by atoms with E-state index in [1.807, 2.05) is 19.2 Å². The molecule has 8 heteroatoms. The van der Waals surface area contributed by atoms with Gasteiger partial charge >= 0.3 is 5.69 Å². The van der Waals surface area contributed by atoms with Gasteiger partial charge < -0.3 is 11.1 Å². The van der Waals surface area contributed by atoms with Crippen molar-refractivity contribution in [3.05, 3.63) is 38.8 Å². The van der Waals surface area contributed by atoms with Gasteiger partial charge in [0.1, 0.15) is 10.8 Å². The highest BCUT2D eigenvalue weighted by atomic mass is 32.1. The number of nitrogen functional groups attached to an aromatic ring is 1. The smallest absolute Gasteiger partial charge is 0.311 e. The summed E-state index contributed by atoms with van der Waals surface area (Å²) in [7, 11) is 0. The van der Waals surface area contributed by atoms with Crippen LogP contribution in [0, 0.1) is 10.1 Å². The van der Waals surface area contributed by atoms with E-state index in [1.165, 1.54) is 23.5 Å². The van der Waals surface area contributed by atoms with Gasteiger partial charge in [-0.25, -0.2) is 9.97 Å². The minimum atomic E-state index is -0.570. The molecule has 0 aromatic carbocycles. The van der Waals surface area contributed by atoms with Crippen LogP contribution in [0.4, 0.5) is 17.3 Å². The van der Waals surface area contributed by atoms with Gasteiger partial charge in [0.25, 0.3) is 0 Å². The van der Waals surface area contributed by atoms with Gasteiger partial charge in [-0.3, -0.25) is 10.1 Å². The number of aromatic nitrogens is 2. The van der Waals surface area contributed by atoms with E-state index in [1.54, 1.807) is 6.20 Å². The third kappa shape index (κ3) is 2.79. The maximum Gasteiger partial charge on any atom is 0.311 e. The zero-order valence-electron chi connectivity index (χ0n) is 10.5. The first-order chi connectivity index (χ1) is 8.90. The fourth-order valence-electron chi connectivity index (χ4n) is 1.59. The number of nitrogens with two attached hydrogens (primary N) is 1. The van der Waals surface area contributed by atoms with Gasteiger partial charge in [0, 0.05) is 17.6 Å². The van der Waals surface area contributed by atoms with Crippen molar-refractivity contribution in [2.24, 2.45) is 0 Å².